The molecule has 1 unspecified atom stereocenters. The van der Waals surface area contributed by atoms with E-state index in [0.717, 1.165) is 38.6 Å². The minimum absolute atomic E-state index is 0.269. The maximum atomic E-state index is 8.78. The minimum Gasteiger partial charge on any atom is -0.396 e. The van der Waals surface area contributed by atoms with E-state index in [-0.39, 0.29) is 6.61 Å². The Bertz CT molecular complexity index is 137. The summed E-state index contributed by atoms with van der Waals surface area (Å²) in [7, 11) is 0. The van der Waals surface area contributed by atoms with Crippen LogP contribution in [-0.2, 0) is 4.74 Å². The quantitative estimate of drug-likeness (QED) is 0.547. The molecule has 1 rings (SSSR count). The third kappa shape index (κ3) is 6.35. The van der Waals surface area contributed by atoms with Crippen molar-refractivity contribution in [2.24, 2.45) is 11.8 Å². The van der Waals surface area contributed by atoms with Crippen LogP contribution in [0.15, 0.2) is 0 Å². The van der Waals surface area contributed by atoms with Gasteiger partial charge in [0, 0.05) is 19.8 Å². The van der Waals surface area contributed by atoms with Gasteiger partial charge in [-0.25, -0.2) is 0 Å². The highest BCUT2D eigenvalue weighted by atomic mass is 16.5. The fourth-order valence-electron chi connectivity index (χ4n) is 1.25. The van der Waals surface area contributed by atoms with Crippen molar-refractivity contribution in [3.05, 3.63) is 0 Å². The van der Waals surface area contributed by atoms with E-state index < -0.39 is 0 Å². The summed E-state index contributed by atoms with van der Waals surface area (Å²) in [4.78, 5) is 0. The zero-order chi connectivity index (χ0) is 10.2. The second-order valence-electron chi connectivity index (χ2n) is 4.36. The first-order valence-electron chi connectivity index (χ1n) is 5.72. The average Bonchev–Trinajstić information content (AvgIpc) is 2.99. The number of aliphatic hydroxyl groups is 1. The number of hydrogen-bond acceptors (Lipinski definition) is 3. The average molecular weight is 201 g/mol. The molecule has 0 aromatic carbocycles. The molecule has 2 N–H and O–H groups in total. The molecule has 3 nitrogen and oxygen atoms in total. The van der Waals surface area contributed by atoms with Gasteiger partial charge in [-0.15, -0.1) is 0 Å². The molecule has 0 radical (unpaired) electrons. The SMILES string of the molecule is CC(CO)CNCCCOCC1CC1. The molecule has 1 aliphatic rings. The van der Waals surface area contributed by atoms with Crippen LogP contribution in [0.25, 0.3) is 0 Å². The third-order valence-corrected chi connectivity index (χ3v) is 2.50. The summed E-state index contributed by atoms with van der Waals surface area (Å²) in [5, 5.41) is 12.1. The van der Waals surface area contributed by atoms with Crippen molar-refractivity contribution >= 4 is 0 Å². The zero-order valence-electron chi connectivity index (χ0n) is 9.17. The van der Waals surface area contributed by atoms with Crippen LogP contribution in [-0.4, -0.2) is 38.0 Å². The van der Waals surface area contributed by atoms with Crippen molar-refractivity contribution < 1.29 is 9.84 Å². The summed E-state index contributed by atoms with van der Waals surface area (Å²) in [6.45, 7) is 6.04. The van der Waals surface area contributed by atoms with Gasteiger partial charge in [0.1, 0.15) is 0 Å². The van der Waals surface area contributed by atoms with Gasteiger partial charge in [-0.1, -0.05) is 6.92 Å². The lowest BCUT2D eigenvalue weighted by Gasteiger charge is -2.09. The fraction of sp³-hybridized carbons (Fsp3) is 1.00. The topological polar surface area (TPSA) is 41.5 Å². The van der Waals surface area contributed by atoms with Crippen LogP contribution >= 0.6 is 0 Å². The van der Waals surface area contributed by atoms with Crippen molar-refractivity contribution in [1.29, 1.82) is 0 Å². The molecule has 0 heterocycles. The van der Waals surface area contributed by atoms with Crippen LogP contribution in [0.1, 0.15) is 26.2 Å². The van der Waals surface area contributed by atoms with Crippen molar-refractivity contribution in [3.8, 4) is 0 Å². The second-order valence-corrected chi connectivity index (χ2v) is 4.36. The highest BCUT2D eigenvalue weighted by Crippen LogP contribution is 2.28. The van der Waals surface area contributed by atoms with Crippen molar-refractivity contribution in [1.82, 2.24) is 5.32 Å². The fourth-order valence-corrected chi connectivity index (χ4v) is 1.25. The van der Waals surface area contributed by atoms with E-state index >= 15 is 0 Å². The van der Waals surface area contributed by atoms with E-state index in [4.69, 9.17) is 9.84 Å². The lowest BCUT2D eigenvalue weighted by molar-refractivity contribution is 0.121. The highest BCUT2D eigenvalue weighted by Gasteiger charge is 2.20. The van der Waals surface area contributed by atoms with Crippen molar-refractivity contribution in [3.63, 3.8) is 0 Å². The maximum Gasteiger partial charge on any atom is 0.0494 e. The Morgan fingerprint density at radius 2 is 2.29 bits per heavy atom. The smallest absolute Gasteiger partial charge is 0.0494 e. The van der Waals surface area contributed by atoms with Gasteiger partial charge >= 0.3 is 0 Å². The molecular weight excluding hydrogens is 178 g/mol. The summed E-state index contributed by atoms with van der Waals surface area (Å²) in [5.41, 5.74) is 0. The standard InChI is InChI=1S/C11H23NO2/c1-10(8-13)7-12-5-2-6-14-9-11-3-4-11/h10-13H,2-9H2,1H3. The molecule has 0 amide bonds. The van der Waals surface area contributed by atoms with Gasteiger partial charge in [-0.3, -0.25) is 0 Å². The zero-order valence-corrected chi connectivity index (χ0v) is 9.17. The molecule has 0 saturated heterocycles. The first-order chi connectivity index (χ1) is 6.83. The molecule has 1 aliphatic carbocycles. The van der Waals surface area contributed by atoms with Crippen molar-refractivity contribution in [2.45, 2.75) is 26.2 Å². The normalized spacial score (nSPS) is 18.4. The Kier molecular flexibility index (Phi) is 6.15. The molecule has 0 bridgehead atoms. The predicted molar refractivity (Wildman–Crippen MR) is 57.3 cm³/mol. The molecular formula is C11H23NO2. The third-order valence-electron chi connectivity index (χ3n) is 2.50. The molecule has 1 fully saturated rings. The highest BCUT2D eigenvalue weighted by molar-refractivity contribution is 4.71. The molecule has 14 heavy (non-hydrogen) atoms. The van der Waals surface area contributed by atoms with Crippen molar-refractivity contribution in [2.75, 3.05) is 32.9 Å². The number of rotatable bonds is 9. The Morgan fingerprint density at radius 1 is 1.50 bits per heavy atom. The van der Waals surface area contributed by atoms with E-state index in [0.29, 0.717) is 5.92 Å². The Labute approximate surface area is 86.8 Å². The van der Waals surface area contributed by atoms with E-state index in [1.165, 1.54) is 12.8 Å². The summed E-state index contributed by atoms with van der Waals surface area (Å²) < 4.78 is 5.50. The summed E-state index contributed by atoms with van der Waals surface area (Å²) >= 11 is 0. The minimum atomic E-state index is 0.269. The number of aliphatic hydroxyl groups excluding tert-OH is 1. The van der Waals surface area contributed by atoms with Gasteiger partial charge in [0.25, 0.3) is 0 Å². The van der Waals surface area contributed by atoms with Gasteiger partial charge in [0.2, 0.25) is 0 Å². The van der Waals surface area contributed by atoms with Crippen LogP contribution in [0.5, 0.6) is 0 Å². The summed E-state index contributed by atoms with van der Waals surface area (Å²) in [5.74, 6) is 1.24. The molecule has 0 spiro atoms. The number of nitrogens with one attached hydrogen (secondary N) is 1. The van der Waals surface area contributed by atoms with E-state index in [1.54, 1.807) is 0 Å². The first-order valence-corrected chi connectivity index (χ1v) is 5.72. The molecule has 0 aliphatic heterocycles. The largest absolute Gasteiger partial charge is 0.396 e. The van der Waals surface area contributed by atoms with Gasteiger partial charge in [0.05, 0.1) is 0 Å². The maximum absolute atomic E-state index is 8.78. The van der Waals surface area contributed by atoms with E-state index in [9.17, 15) is 0 Å². The number of hydrogen-bond donors (Lipinski definition) is 2. The monoisotopic (exact) mass is 201 g/mol. The molecule has 1 saturated carbocycles. The molecule has 84 valence electrons. The molecule has 1 atom stereocenters. The Hall–Kier alpha value is -0.120. The van der Waals surface area contributed by atoms with Gasteiger partial charge in [0.15, 0.2) is 0 Å². The van der Waals surface area contributed by atoms with Crippen LogP contribution in [0.4, 0.5) is 0 Å². The van der Waals surface area contributed by atoms with E-state index in [1.807, 2.05) is 6.92 Å². The van der Waals surface area contributed by atoms with Crippen LogP contribution < -0.4 is 5.32 Å². The van der Waals surface area contributed by atoms with Crippen LogP contribution in [0.3, 0.4) is 0 Å². The van der Waals surface area contributed by atoms with Crippen LogP contribution in [0, 0.1) is 11.8 Å². The first kappa shape index (κ1) is 12.0. The van der Waals surface area contributed by atoms with Crippen LogP contribution in [0.2, 0.25) is 0 Å². The molecule has 0 aromatic rings. The summed E-state index contributed by atoms with van der Waals surface area (Å²) in [6, 6.07) is 0. The Balaban J connectivity index is 1.70. The molecule has 3 heteroatoms. The van der Waals surface area contributed by atoms with E-state index in [2.05, 4.69) is 5.32 Å². The second kappa shape index (κ2) is 7.21. The molecule has 0 aromatic heterocycles. The Morgan fingerprint density at radius 3 is 2.93 bits per heavy atom. The van der Waals surface area contributed by atoms with Gasteiger partial charge < -0.3 is 15.2 Å². The lowest BCUT2D eigenvalue weighted by Crippen LogP contribution is -2.24. The number of ether oxygens (including phenoxy) is 1. The van der Waals surface area contributed by atoms with Gasteiger partial charge in [-0.05, 0) is 44.2 Å². The lowest BCUT2D eigenvalue weighted by atomic mass is 10.2. The summed E-state index contributed by atoms with van der Waals surface area (Å²) in [6.07, 6.45) is 3.81. The predicted octanol–water partition coefficient (Wildman–Crippen LogP) is 1.02. The van der Waals surface area contributed by atoms with Gasteiger partial charge in [-0.2, -0.15) is 0 Å².